The van der Waals surface area contributed by atoms with E-state index in [1.165, 1.54) is 24.6 Å². The fourth-order valence-corrected chi connectivity index (χ4v) is 4.10. The summed E-state index contributed by atoms with van der Waals surface area (Å²) in [5, 5.41) is 2.47. The summed E-state index contributed by atoms with van der Waals surface area (Å²) in [6.45, 7) is -3.70. The number of hydrogen-bond donors (Lipinski definition) is 1. The molecule has 1 N–H and O–H groups in total. The molecule has 1 aromatic heterocycles. The Morgan fingerprint density at radius 1 is 1.29 bits per heavy atom. The number of nitrogens with zero attached hydrogens (tertiary/aromatic N) is 2. The molecule has 1 fully saturated rings. The van der Waals surface area contributed by atoms with E-state index in [0.717, 1.165) is 17.9 Å². The van der Waals surface area contributed by atoms with E-state index in [2.05, 4.69) is 15.0 Å². The second-order valence-electron chi connectivity index (χ2n) is 7.82. The number of aromatic nitrogens is 1. The Morgan fingerprint density at radius 3 is 2.56 bits per heavy atom. The lowest BCUT2D eigenvalue weighted by molar-refractivity contribution is -0.210. The first-order valence-electron chi connectivity index (χ1n) is 9.60. The van der Waals surface area contributed by atoms with Crippen molar-refractivity contribution in [1.29, 1.82) is 0 Å². The van der Waals surface area contributed by atoms with Crippen molar-refractivity contribution in [2.75, 3.05) is 23.0 Å². The maximum atomic E-state index is 14.3. The molecule has 2 heterocycles. The summed E-state index contributed by atoms with van der Waals surface area (Å²) in [4.78, 5) is 17.6. The van der Waals surface area contributed by atoms with E-state index >= 15 is 0 Å². The van der Waals surface area contributed by atoms with Crippen LogP contribution in [0.2, 0.25) is 0 Å². The van der Waals surface area contributed by atoms with Gasteiger partial charge in [0, 0.05) is 24.7 Å². The topological polar surface area (TPSA) is 71.5 Å². The molecule has 3 atom stereocenters. The third-order valence-electron chi connectivity index (χ3n) is 5.37. The molecule has 3 rings (SSSR count). The summed E-state index contributed by atoms with van der Waals surface area (Å²) in [5.41, 5.74) is -3.06. The summed E-state index contributed by atoms with van der Waals surface area (Å²) < 4.78 is 111. The van der Waals surface area contributed by atoms with Crippen molar-refractivity contribution in [2.24, 2.45) is 5.41 Å². The number of amides is 1. The molecular weight excluding hydrogens is 495 g/mol. The van der Waals surface area contributed by atoms with Gasteiger partial charge in [-0.2, -0.15) is 26.3 Å². The molecule has 1 aliphatic rings. The predicted molar refractivity (Wildman–Crippen MR) is 108 cm³/mol. The zero-order valence-corrected chi connectivity index (χ0v) is 18.4. The summed E-state index contributed by atoms with van der Waals surface area (Å²) in [6.07, 6.45) is -3.07. The number of anilines is 2. The van der Waals surface area contributed by atoms with Crippen LogP contribution in [0, 0.1) is 17.0 Å². The minimum atomic E-state index is -4.81. The fraction of sp³-hybridized carbons (Fsp3) is 0.400. The number of carbonyl (C=O) groups is 1. The molecule has 186 valence electrons. The Morgan fingerprint density at radius 2 is 1.97 bits per heavy atom. The van der Waals surface area contributed by atoms with Gasteiger partial charge in [-0.1, -0.05) is 0 Å². The Bertz CT molecular complexity index is 1120. The lowest BCUT2D eigenvalue weighted by Gasteiger charge is -2.29. The minimum absolute atomic E-state index is 0.0695. The highest BCUT2D eigenvalue weighted by molar-refractivity contribution is 7.84. The van der Waals surface area contributed by atoms with Gasteiger partial charge in [0.25, 0.3) is 0 Å². The lowest BCUT2D eigenvalue weighted by Crippen LogP contribution is -2.40. The number of benzene rings is 1. The van der Waals surface area contributed by atoms with Crippen molar-refractivity contribution in [2.45, 2.75) is 37.2 Å². The first-order chi connectivity index (χ1) is 15.7. The van der Waals surface area contributed by atoms with Crippen LogP contribution in [-0.4, -0.2) is 46.7 Å². The Kier molecular flexibility index (Phi) is 7.10. The number of ether oxygens (including phenoxy) is 1. The van der Waals surface area contributed by atoms with Crippen LogP contribution in [0.3, 0.4) is 0 Å². The molecule has 0 saturated carbocycles. The van der Waals surface area contributed by atoms with E-state index in [1.807, 2.05) is 0 Å². The smallest absolute Gasteiger partial charge is 0.396 e. The number of nitrogens with one attached hydrogen (secondary N) is 1. The van der Waals surface area contributed by atoms with E-state index < -0.39 is 77.0 Å². The number of pyridine rings is 1. The van der Waals surface area contributed by atoms with Crippen molar-refractivity contribution in [3.05, 3.63) is 42.1 Å². The zero-order valence-electron chi connectivity index (χ0n) is 17.6. The van der Waals surface area contributed by atoms with Crippen molar-refractivity contribution < 1.29 is 44.5 Å². The number of hydrogen-bond acceptors (Lipinski definition) is 5. The van der Waals surface area contributed by atoms with Crippen LogP contribution in [0.4, 0.5) is 42.1 Å². The normalized spacial score (nSPS) is 21.6. The predicted octanol–water partition coefficient (Wildman–Crippen LogP) is 4.48. The molecule has 3 unspecified atom stereocenters. The maximum absolute atomic E-state index is 14.3. The third-order valence-corrected chi connectivity index (χ3v) is 6.18. The van der Waals surface area contributed by atoms with Crippen LogP contribution in [-0.2, 0) is 15.6 Å². The summed E-state index contributed by atoms with van der Waals surface area (Å²) >= 11 is 0. The average Bonchev–Trinajstić information content (AvgIpc) is 3.10. The summed E-state index contributed by atoms with van der Waals surface area (Å²) in [5.74, 6) is -5.69. The minimum Gasteiger partial charge on any atom is -0.429 e. The fourth-order valence-electron chi connectivity index (χ4n) is 3.60. The molecule has 0 aliphatic carbocycles. The quantitative estimate of drug-likeness (QED) is 0.577. The highest BCUT2D eigenvalue weighted by Crippen LogP contribution is 2.50. The van der Waals surface area contributed by atoms with Gasteiger partial charge in [0.1, 0.15) is 11.1 Å². The molecule has 1 aromatic carbocycles. The first kappa shape index (κ1) is 25.7. The number of carbonyl (C=O) groups excluding carboxylic acids is 1. The van der Waals surface area contributed by atoms with Crippen LogP contribution in [0.25, 0.3) is 0 Å². The van der Waals surface area contributed by atoms with Crippen molar-refractivity contribution >= 4 is 28.1 Å². The van der Waals surface area contributed by atoms with Gasteiger partial charge in [-0.3, -0.25) is 9.00 Å². The number of alkyl halides is 5. The summed E-state index contributed by atoms with van der Waals surface area (Å²) in [7, 11) is -1.52. The Balaban J connectivity index is 2.04. The molecule has 6 nitrogen and oxygen atoms in total. The molecule has 0 spiro atoms. The highest BCUT2D eigenvalue weighted by atomic mass is 32.2. The summed E-state index contributed by atoms with van der Waals surface area (Å²) in [6, 6.07) is 2.23. The number of halogens is 7. The van der Waals surface area contributed by atoms with E-state index in [0.29, 0.717) is 6.07 Å². The third kappa shape index (κ3) is 5.10. The van der Waals surface area contributed by atoms with E-state index in [1.54, 1.807) is 0 Å². The van der Waals surface area contributed by atoms with Crippen molar-refractivity contribution in [3.63, 3.8) is 0 Å². The molecule has 1 aliphatic heterocycles. The van der Waals surface area contributed by atoms with Crippen molar-refractivity contribution in [3.8, 4) is 5.75 Å². The molecule has 2 aromatic rings. The maximum Gasteiger partial charge on any atom is 0.396 e. The van der Waals surface area contributed by atoms with E-state index in [9.17, 15) is 39.7 Å². The van der Waals surface area contributed by atoms with Crippen molar-refractivity contribution in [1.82, 2.24) is 4.98 Å². The molecule has 0 bridgehead atoms. The Labute approximate surface area is 191 Å². The molecule has 1 amide bonds. The van der Waals surface area contributed by atoms with Gasteiger partial charge < -0.3 is 15.0 Å². The van der Waals surface area contributed by atoms with Gasteiger partial charge in [-0.25, -0.2) is 9.37 Å². The van der Waals surface area contributed by atoms with E-state index in [-0.39, 0.29) is 10.7 Å². The van der Waals surface area contributed by atoms with Gasteiger partial charge in [-0.05, 0) is 37.6 Å². The first-order valence-corrected chi connectivity index (χ1v) is 11.2. The second-order valence-corrected chi connectivity index (χ2v) is 9.15. The Hall–Kier alpha value is -2.90. The highest BCUT2D eigenvalue weighted by Gasteiger charge is 2.59. The van der Waals surface area contributed by atoms with Gasteiger partial charge >= 0.3 is 12.8 Å². The van der Waals surface area contributed by atoms with Crippen LogP contribution < -0.4 is 15.0 Å². The van der Waals surface area contributed by atoms with Crippen LogP contribution in [0.15, 0.2) is 35.5 Å². The number of rotatable bonds is 6. The molecule has 14 heteroatoms. The standard InChI is InChI=1S/C20H18F7N3O3S/c1-19(20(25,26)27)8-13(17(31)29-10-5-6-28-14(7-10)34(2)32)30(9-19)12-4-3-11(21)15(22)16(12)33-18(23)24/h3-7,13,18H,8-9H2,1-2H3,(H,28,29,31). The van der Waals surface area contributed by atoms with Gasteiger partial charge in [0.15, 0.2) is 11.6 Å². The van der Waals surface area contributed by atoms with Crippen LogP contribution in [0.1, 0.15) is 13.3 Å². The van der Waals surface area contributed by atoms with Crippen LogP contribution >= 0.6 is 0 Å². The van der Waals surface area contributed by atoms with Gasteiger partial charge in [0.05, 0.1) is 21.9 Å². The zero-order chi connectivity index (χ0) is 25.4. The average molecular weight is 513 g/mol. The molecule has 34 heavy (non-hydrogen) atoms. The molecular formula is C20H18F7N3O3S. The molecule has 0 radical (unpaired) electrons. The lowest BCUT2D eigenvalue weighted by atomic mass is 9.87. The van der Waals surface area contributed by atoms with Crippen LogP contribution in [0.5, 0.6) is 5.75 Å². The van der Waals surface area contributed by atoms with E-state index in [4.69, 9.17) is 0 Å². The largest absolute Gasteiger partial charge is 0.429 e. The van der Waals surface area contributed by atoms with Gasteiger partial charge in [0.2, 0.25) is 11.7 Å². The molecule has 1 saturated heterocycles. The van der Waals surface area contributed by atoms with Gasteiger partial charge in [-0.15, -0.1) is 0 Å². The SMILES string of the molecule is CS(=O)c1cc(NC(=O)C2CC(C)(C(F)(F)F)CN2c2ccc(F)c(F)c2OC(F)F)ccn1. The second kappa shape index (κ2) is 9.39. The monoisotopic (exact) mass is 513 g/mol.